The zero-order chi connectivity index (χ0) is 12.4. The summed E-state index contributed by atoms with van der Waals surface area (Å²) >= 11 is 0. The summed E-state index contributed by atoms with van der Waals surface area (Å²) in [6, 6.07) is 1.50. The van der Waals surface area contributed by atoms with Crippen LogP contribution in [0.1, 0.15) is 19.7 Å². The second-order valence-corrected chi connectivity index (χ2v) is 4.08. The zero-order valence-electron chi connectivity index (χ0n) is 10.1. The molecular formula is C11H17N5O. The topological polar surface area (TPSA) is 84.1 Å². The van der Waals surface area contributed by atoms with Gasteiger partial charge >= 0.3 is 0 Å². The number of nitrogens with zero attached hydrogens (tertiary/aromatic N) is 3. The maximum absolute atomic E-state index is 11.6. The van der Waals surface area contributed by atoms with Crippen molar-refractivity contribution < 1.29 is 4.79 Å². The van der Waals surface area contributed by atoms with Crippen LogP contribution in [0, 0.1) is 0 Å². The lowest BCUT2D eigenvalue weighted by atomic mass is 10.2. The van der Waals surface area contributed by atoms with Gasteiger partial charge in [-0.15, -0.1) is 0 Å². The van der Waals surface area contributed by atoms with Crippen LogP contribution in [0.4, 0.5) is 11.6 Å². The summed E-state index contributed by atoms with van der Waals surface area (Å²) in [7, 11) is 0. The predicted octanol–water partition coefficient (Wildman–Crippen LogP) is -0.0541. The monoisotopic (exact) mass is 235 g/mol. The van der Waals surface area contributed by atoms with E-state index in [9.17, 15) is 4.79 Å². The molecule has 1 fully saturated rings. The molecule has 92 valence electrons. The lowest BCUT2D eigenvalue weighted by molar-refractivity contribution is -0.122. The number of hydrogen-bond donors (Lipinski definition) is 2. The highest BCUT2D eigenvalue weighted by Crippen LogP contribution is 2.18. The Labute approximate surface area is 100 Å². The van der Waals surface area contributed by atoms with Crippen LogP contribution >= 0.6 is 0 Å². The van der Waals surface area contributed by atoms with Crippen LogP contribution in [-0.2, 0) is 11.2 Å². The molecule has 1 amide bonds. The summed E-state index contributed by atoms with van der Waals surface area (Å²) < 4.78 is 0. The number of nitrogens with one attached hydrogen (secondary N) is 1. The van der Waals surface area contributed by atoms with Crippen molar-refractivity contribution in [1.29, 1.82) is 0 Å². The molecule has 3 N–H and O–H groups in total. The van der Waals surface area contributed by atoms with E-state index in [1.165, 1.54) is 0 Å². The molecule has 1 unspecified atom stereocenters. The number of amides is 1. The Balaban J connectivity index is 2.32. The summed E-state index contributed by atoms with van der Waals surface area (Å²) in [5.41, 5.74) is 5.74. The van der Waals surface area contributed by atoms with Crippen LogP contribution in [0.25, 0.3) is 0 Å². The van der Waals surface area contributed by atoms with Crippen LogP contribution in [0.3, 0.4) is 0 Å². The molecule has 17 heavy (non-hydrogen) atoms. The molecule has 0 bridgehead atoms. The lowest BCUT2D eigenvalue weighted by Crippen LogP contribution is -2.54. The van der Waals surface area contributed by atoms with Gasteiger partial charge in [-0.05, 0) is 6.92 Å². The van der Waals surface area contributed by atoms with E-state index in [1.54, 1.807) is 6.07 Å². The van der Waals surface area contributed by atoms with Gasteiger partial charge < -0.3 is 16.0 Å². The van der Waals surface area contributed by atoms with Gasteiger partial charge in [-0.2, -0.15) is 0 Å². The van der Waals surface area contributed by atoms with Crippen LogP contribution in [0.5, 0.6) is 0 Å². The fraction of sp³-hybridized carbons (Fsp3) is 0.545. The first-order valence-corrected chi connectivity index (χ1v) is 5.79. The molecule has 0 aliphatic carbocycles. The van der Waals surface area contributed by atoms with E-state index in [4.69, 9.17) is 5.73 Å². The molecule has 1 aromatic rings. The van der Waals surface area contributed by atoms with Crippen molar-refractivity contribution in [1.82, 2.24) is 15.3 Å². The molecular weight excluding hydrogens is 218 g/mol. The number of aryl methyl sites for hydroxylation is 1. The van der Waals surface area contributed by atoms with E-state index in [0.29, 0.717) is 18.2 Å². The first kappa shape index (κ1) is 11.6. The van der Waals surface area contributed by atoms with Gasteiger partial charge in [-0.25, -0.2) is 9.97 Å². The smallest absolute Gasteiger partial charge is 0.242 e. The van der Waals surface area contributed by atoms with Gasteiger partial charge in [-0.3, -0.25) is 4.79 Å². The van der Waals surface area contributed by atoms with Crippen LogP contribution < -0.4 is 16.0 Å². The maximum Gasteiger partial charge on any atom is 0.242 e. The SMILES string of the molecule is CCc1nc(N)cc(N2CCNC(=O)C2C)n1. The first-order chi connectivity index (χ1) is 8.11. The van der Waals surface area contributed by atoms with E-state index in [2.05, 4.69) is 15.3 Å². The van der Waals surface area contributed by atoms with Crippen LogP contribution in [-0.4, -0.2) is 35.0 Å². The van der Waals surface area contributed by atoms with Crippen molar-refractivity contribution in [3.05, 3.63) is 11.9 Å². The number of carbonyl (C=O) groups is 1. The van der Waals surface area contributed by atoms with Crippen LogP contribution in [0.2, 0.25) is 0 Å². The molecule has 0 radical (unpaired) electrons. The average molecular weight is 235 g/mol. The number of piperazine rings is 1. The predicted molar refractivity (Wildman–Crippen MR) is 65.6 cm³/mol. The maximum atomic E-state index is 11.6. The van der Waals surface area contributed by atoms with E-state index in [0.717, 1.165) is 18.8 Å². The third-order valence-electron chi connectivity index (χ3n) is 2.89. The van der Waals surface area contributed by atoms with Gasteiger partial charge in [0.05, 0.1) is 0 Å². The minimum absolute atomic E-state index is 0.0199. The van der Waals surface area contributed by atoms with Crippen molar-refractivity contribution in [2.75, 3.05) is 23.7 Å². The average Bonchev–Trinajstić information content (AvgIpc) is 2.31. The molecule has 2 heterocycles. The molecule has 0 saturated carbocycles. The number of nitrogens with two attached hydrogens (primary N) is 1. The van der Waals surface area contributed by atoms with Gasteiger partial charge in [0.1, 0.15) is 23.5 Å². The number of anilines is 2. The Morgan fingerprint density at radius 1 is 1.59 bits per heavy atom. The highest BCUT2D eigenvalue weighted by molar-refractivity contribution is 5.85. The van der Waals surface area contributed by atoms with Gasteiger partial charge in [0.25, 0.3) is 0 Å². The normalized spacial score (nSPS) is 20.2. The number of hydrogen-bond acceptors (Lipinski definition) is 5. The van der Waals surface area contributed by atoms with Crippen molar-refractivity contribution in [3.8, 4) is 0 Å². The summed E-state index contributed by atoms with van der Waals surface area (Å²) in [6.45, 7) is 5.21. The molecule has 1 aliphatic rings. The van der Waals surface area contributed by atoms with Crippen molar-refractivity contribution >= 4 is 17.5 Å². The highest BCUT2D eigenvalue weighted by Gasteiger charge is 2.26. The molecule has 1 saturated heterocycles. The largest absolute Gasteiger partial charge is 0.384 e. The fourth-order valence-corrected chi connectivity index (χ4v) is 1.90. The standard InChI is InChI=1S/C11H17N5O/c1-3-9-14-8(12)6-10(15-9)16-5-4-13-11(17)7(16)2/h6-7H,3-5H2,1-2H3,(H,13,17)(H2,12,14,15). The molecule has 1 atom stereocenters. The van der Waals surface area contributed by atoms with Crippen LogP contribution in [0.15, 0.2) is 6.07 Å². The molecule has 0 spiro atoms. The van der Waals surface area contributed by atoms with Crippen molar-refractivity contribution in [3.63, 3.8) is 0 Å². The van der Waals surface area contributed by atoms with Crippen molar-refractivity contribution in [2.45, 2.75) is 26.3 Å². The van der Waals surface area contributed by atoms with Gasteiger partial charge in [0, 0.05) is 25.6 Å². The Kier molecular flexibility index (Phi) is 3.12. The Morgan fingerprint density at radius 3 is 3.06 bits per heavy atom. The summed E-state index contributed by atoms with van der Waals surface area (Å²) in [5, 5.41) is 2.82. The second-order valence-electron chi connectivity index (χ2n) is 4.08. The first-order valence-electron chi connectivity index (χ1n) is 5.79. The summed E-state index contributed by atoms with van der Waals surface area (Å²) in [5.74, 6) is 1.91. The molecule has 1 aliphatic heterocycles. The van der Waals surface area contributed by atoms with Gasteiger partial charge in [0.2, 0.25) is 5.91 Å². The Bertz CT molecular complexity index is 434. The molecule has 1 aromatic heterocycles. The third kappa shape index (κ3) is 2.30. The van der Waals surface area contributed by atoms with E-state index in [1.807, 2.05) is 18.7 Å². The van der Waals surface area contributed by atoms with Gasteiger partial charge in [0.15, 0.2) is 0 Å². The number of nitrogen functional groups attached to an aromatic ring is 1. The molecule has 0 aromatic carbocycles. The van der Waals surface area contributed by atoms with Crippen molar-refractivity contribution in [2.24, 2.45) is 0 Å². The molecule has 2 rings (SSSR count). The molecule has 6 nitrogen and oxygen atoms in total. The third-order valence-corrected chi connectivity index (χ3v) is 2.89. The minimum Gasteiger partial charge on any atom is -0.384 e. The lowest BCUT2D eigenvalue weighted by Gasteiger charge is -2.33. The minimum atomic E-state index is -0.220. The fourth-order valence-electron chi connectivity index (χ4n) is 1.90. The van der Waals surface area contributed by atoms with E-state index >= 15 is 0 Å². The van der Waals surface area contributed by atoms with E-state index in [-0.39, 0.29) is 11.9 Å². The zero-order valence-corrected chi connectivity index (χ0v) is 10.1. The molecule has 6 heteroatoms. The quantitative estimate of drug-likeness (QED) is 0.750. The number of carbonyl (C=O) groups excluding carboxylic acids is 1. The summed E-state index contributed by atoms with van der Waals surface area (Å²) in [6.07, 6.45) is 0.729. The Hall–Kier alpha value is -1.85. The van der Waals surface area contributed by atoms with Gasteiger partial charge in [-0.1, -0.05) is 6.92 Å². The Morgan fingerprint density at radius 2 is 2.35 bits per heavy atom. The second kappa shape index (κ2) is 4.57. The summed E-state index contributed by atoms with van der Waals surface area (Å²) in [4.78, 5) is 22.1. The number of aromatic nitrogens is 2. The highest BCUT2D eigenvalue weighted by atomic mass is 16.2. The van der Waals surface area contributed by atoms with E-state index < -0.39 is 0 Å². The number of rotatable bonds is 2.